The second-order valence-corrected chi connectivity index (χ2v) is 11.6. The van der Waals surface area contributed by atoms with Crippen molar-refractivity contribution >= 4 is 51.2 Å². The van der Waals surface area contributed by atoms with Crippen LogP contribution < -0.4 is 0 Å². The molecule has 0 unspecified atom stereocenters. The Morgan fingerprint density at radius 1 is 0.574 bits per heavy atom. The Morgan fingerprint density at radius 3 is 1.55 bits per heavy atom. The number of aromatic nitrogens is 3. The van der Waals surface area contributed by atoms with Gasteiger partial charge in [0.2, 0.25) is 0 Å². The smallest absolute Gasteiger partial charge is 0.354 e. The summed E-state index contributed by atoms with van der Waals surface area (Å²) in [6.07, 6.45) is 9.89. The summed E-state index contributed by atoms with van der Waals surface area (Å²) in [7, 11) is 0. The molecule has 6 aromatic rings. The zero-order chi connectivity index (χ0) is 32.6. The molecule has 6 heterocycles. The number of carbonyl (C=O) groups is 3. The van der Waals surface area contributed by atoms with Gasteiger partial charge in [0, 0.05) is 49.2 Å². The summed E-state index contributed by atoms with van der Waals surface area (Å²) >= 11 is 0. The van der Waals surface area contributed by atoms with Gasteiger partial charge in [-0.25, -0.2) is 14.4 Å². The van der Waals surface area contributed by atoms with E-state index in [1.165, 1.54) is 0 Å². The van der Waals surface area contributed by atoms with E-state index in [9.17, 15) is 14.4 Å². The molecule has 0 atom stereocenters. The van der Waals surface area contributed by atoms with E-state index in [0.717, 1.165) is 79.4 Å². The summed E-state index contributed by atoms with van der Waals surface area (Å²) in [4.78, 5) is 46.0. The fourth-order valence-electron chi connectivity index (χ4n) is 5.43. The average Bonchev–Trinajstić information content (AvgIpc) is 3.88. The van der Waals surface area contributed by atoms with Crippen LogP contribution in [0.4, 0.5) is 0 Å². The molecule has 0 spiro atoms. The first kappa shape index (κ1) is 31.8. The molecule has 0 bridgehead atoms. The Balaban J connectivity index is 0.841. The highest BCUT2D eigenvalue weighted by atomic mass is 16.5. The van der Waals surface area contributed by atoms with E-state index in [1.807, 2.05) is 12.1 Å². The van der Waals surface area contributed by atoms with Gasteiger partial charge < -0.3 is 42.4 Å². The quantitative estimate of drug-likeness (QED) is 0.0477. The van der Waals surface area contributed by atoms with Crippen LogP contribution in [0.15, 0.2) is 55.9 Å². The predicted molar refractivity (Wildman–Crippen MR) is 173 cm³/mol. The van der Waals surface area contributed by atoms with Gasteiger partial charge in [0.1, 0.15) is 28.6 Å². The van der Waals surface area contributed by atoms with Crippen molar-refractivity contribution in [1.29, 1.82) is 0 Å². The zero-order valence-electron chi connectivity index (χ0n) is 26.4. The Bertz CT molecular complexity index is 1850. The van der Waals surface area contributed by atoms with Crippen molar-refractivity contribution in [3.8, 4) is 0 Å². The predicted octanol–water partition coefficient (Wildman–Crippen LogP) is 8.01. The Morgan fingerprint density at radius 2 is 1.04 bits per heavy atom. The number of nitrogens with one attached hydrogen (secondary N) is 3. The Labute approximate surface area is 270 Å². The summed E-state index contributed by atoms with van der Waals surface area (Å²) in [5.74, 6) is 0.428. The van der Waals surface area contributed by atoms with Gasteiger partial charge in [-0.2, -0.15) is 0 Å². The molecular formula is C35H39N3O9. The Kier molecular flexibility index (Phi) is 10.1. The maximum atomic E-state index is 12.5. The highest BCUT2D eigenvalue weighted by Gasteiger charge is 2.17. The van der Waals surface area contributed by atoms with Crippen molar-refractivity contribution in [2.24, 2.45) is 0 Å². The van der Waals surface area contributed by atoms with Crippen LogP contribution in [-0.4, -0.2) is 52.7 Å². The van der Waals surface area contributed by atoms with E-state index < -0.39 is 11.9 Å². The van der Waals surface area contributed by atoms with Gasteiger partial charge in [0.15, 0.2) is 16.7 Å². The van der Waals surface area contributed by atoms with Crippen LogP contribution in [0.2, 0.25) is 0 Å². The van der Waals surface area contributed by atoms with Crippen LogP contribution in [0.25, 0.3) is 33.3 Å². The van der Waals surface area contributed by atoms with E-state index in [4.69, 9.17) is 27.5 Å². The Hall–Kier alpha value is -5.13. The molecule has 6 aromatic heterocycles. The number of unbranched alkanes of at least 4 members (excludes halogenated alkanes) is 5. The first-order chi connectivity index (χ1) is 23.0. The van der Waals surface area contributed by atoms with Crippen molar-refractivity contribution in [2.75, 3.05) is 19.8 Å². The molecule has 6 rings (SSSR count). The van der Waals surface area contributed by atoms with Crippen molar-refractivity contribution in [1.82, 2.24) is 15.0 Å². The molecule has 3 N–H and O–H groups in total. The van der Waals surface area contributed by atoms with Crippen LogP contribution in [0.5, 0.6) is 0 Å². The van der Waals surface area contributed by atoms with Crippen LogP contribution >= 0.6 is 0 Å². The number of rotatable bonds is 18. The molecule has 12 heteroatoms. The lowest BCUT2D eigenvalue weighted by atomic mass is 10.1. The van der Waals surface area contributed by atoms with E-state index in [-0.39, 0.29) is 5.97 Å². The van der Waals surface area contributed by atoms with Gasteiger partial charge in [-0.05, 0) is 38.5 Å². The third-order valence-electron chi connectivity index (χ3n) is 7.95. The number of ether oxygens (including phenoxy) is 3. The number of H-pyrrole nitrogens is 3. The van der Waals surface area contributed by atoms with Gasteiger partial charge in [-0.1, -0.05) is 19.8 Å². The van der Waals surface area contributed by atoms with Gasteiger partial charge in [0.25, 0.3) is 0 Å². The van der Waals surface area contributed by atoms with E-state index in [1.54, 1.807) is 30.5 Å². The second kappa shape index (κ2) is 15.0. The first-order valence-corrected chi connectivity index (χ1v) is 16.3. The topological polar surface area (TPSA) is 166 Å². The van der Waals surface area contributed by atoms with Crippen molar-refractivity contribution in [3.63, 3.8) is 0 Å². The third-order valence-corrected chi connectivity index (χ3v) is 7.95. The molecular weight excluding hydrogens is 606 g/mol. The summed E-state index contributed by atoms with van der Waals surface area (Å²) in [5.41, 5.74) is 5.25. The number of fused-ring (bicyclic) bond motifs is 3. The lowest BCUT2D eigenvalue weighted by molar-refractivity contribution is 0.0483. The van der Waals surface area contributed by atoms with Gasteiger partial charge in [0.05, 0.1) is 42.6 Å². The molecule has 12 nitrogen and oxygen atoms in total. The number of hydrogen-bond donors (Lipinski definition) is 3. The molecule has 0 aromatic carbocycles. The number of carbonyl (C=O) groups excluding carboxylic acids is 3. The molecule has 47 heavy (non-hydrogen) atoms. The molecule has 248 valence electrons. The standard InChI is InChI=1S/C35H39N3O9/c1-2-3-7-13-43-34(40)28-20-31-25(37-28)17-22(46-31)10-5-4-8-14-44-35(41)29-21-32-26(38-29)18-23(47-32)11-6-9-15-45-33(39)27-19-30-24(36-27)12-16-42-30/h12,16-21,36-38H,2-11,13-15H2,1H3. The highest BCUT2D eigenvalue weighted by molar-refractivity contribution is 5.94. The first-order valence-electron chi connectivity index (χ1n) is 16.3. The lowest BCUT2D eigenvalue weighted by Crippen LogP contribution is -2.07. The van der Waals surface area contributed by atoms with E-state index in [2.05, 4.69) is 21.9 Å². The second-order valence-electron chi connectivity index (χ2n) is 11.6. The molecule has 0 saturated carbocycles. The molecule has 0 aliphatic carbocycles. The highest BCUT2D eigenvalue weighted by Crippen LogP contribution is 2.24. The normalized spacial score (nSPS) is 11.6. The summed E-state index contributed by atoms with van der Waals surface area (Å²) in [6.45, 7) is 3.14. The fraction of sp³-hybridized carbons (Fsp3) is 0.400. The minimum atomic E-state index is -0.422. The largest absolute Gasteiger partial charge is 0.463 e. The van der Waals surface area contributed by atoms with Gasteiger partial charge in [-0.3, -0.25) is 0 Å². The summed E-state index contributed by atoms with van der Waals surface area (Å²) < 4.78 is 33.1. The van der Waals surface area contributed by atoms with Gasteiger partial charge >= 0.3 is 17.9 Å². The number of hydrogen-bond acceptors (Lipinski definition) is 9. The van der Waals surface area contributed by atoms with Crippen LogP contribution in [0.1, 0.15) is 101 Å². The monoisotopic (exact) mass is 645 g/mol. The van der Waals surface area contributed by atoms with Gasteiger partial charge in [-0.15, -0.1) is 0 Å². The maximum Gasteiger partial charge on any atom is 0.354 e. The average molecular weight is 646 g/mol. The molecule has 0 amide bonds. The molecule has 0 fully saturated rings. The minimum absolute atomic E-state index is 0.299. The van der Waals surface area contributed by atoms with Crippen molar-refractivity contribution < 1.29 is 41.8 Å². The molecule has 0 aliphatic heterocycles. The number of esters is 3. The maximum absolute atomic E-state index is 12.5. The van der Waals surface area contributed by atoms with Crippen LogP contribution in [-0.2, 0) is 27.1 Å². The zero-order valence-corrected chi connectivity index (χ0v) is 26.4. The molecule has 0 radical (unpaired) electrons. The van der Waals surface area contributed by atoms with Crippen molar-refractivity contribution in [3.05, 3.63) is 71.3 Å². The van der Waals surface area contributed by atoms with Crippen molar-refractivity contribution in [2.45, 2.75) is 71.1 Å². The number of furan rings is 3. The number of aromatic amines is 3. The minimum Gasteiger partial charge on any atom is -0.463 e. The number of aryl methyl sites for hydroxylation is 2. The molecule has 0 aliphatic rings. The molecule has 0 saturated heterocycles. The van der Waals surface area contributed by atoms with Crippen LogP contribution in [0, 0.1) is 0 Å². The summed E-state index contributed by atoms with van der Waals surface area (Å²) in [6, 6.07) is 10.5. The summed E-state index contributed by atoms with van der Waals surface area (Å²) in [5, 5.41) is 0. The fourth-order valence-corrected chi connectivity index (χ4v) is 5.43. The SMILES string of the molecule is CCCCCOC(=O)c1cc2oc(CCCCCOC(=O)c3cc4oc(CCCCOC(=O)c5cc6occc6[nH]5)cc4[nH]3)cc2[nH]1. The van der Waals surface area contributed by atoms with Crippen LogP contribution in [0.3, 0.4) is 0 Å². The third kappa shape index (κ3) is 8.00. The lowest BCUT2D eigenvalue weighted by Gasteiger charge is -2.03. The van der Waals surface area contributed by atoms with E-state index in [0.29, 0.717) is 66.5 Å². The van der Waals surface area contributed by atoms with E-state index >= 15 is 0 Å².